The van der Waals surface area contributed by atoms with Crippen LogP contribution in [0.1, 0.15) is 46.5 Å². The van der Waals surface area contributed by atoms with Crippen LogP contribution in [0, 0.1) is 11.8 Å². The lowest BCUT2D eigenvalue weighted by Gasteiger charge is -2.31. The highest BCUT2D eigenvalue weighted by molar-refractivity contribution is 5.79. The van der Waals surface area contributed by atoms with Crippen molar-refractivity contribution in [1.29, 1.82) is 0 Å². The molecule has 2 heterocycles. The normalized spacial score (nSPS) is 41.8. The van der Waals surface area contributed by atoms with E-state index in [2.05, 4.69) is 13.5 Å². The fraction of sp³-hybridized carbons (Fsp3) is 0.650. The molecule has 2 saturated heterocycles. The standard InChI is InChI=1S/C20H28O4/c1-13(2)6-5-10-20(12-21)15-9-11-19(4)16(23-19)8-7-14(3)17(15)18(22)24-20/h5-6,10,15-17,21H,3,7-9,11-12H2,1-2,4H3/b10-5+/t15-,16+,17-,19-,20-/m0/s1. The topological polar surface area (TPSA) is 59.1 Å². The van der Waals surface area contributed by atoms with E-state index in [4.69, 9.17) is 9.47 Å². The Morgan fingerprint density at radius 2 is 2.17 bits per heavy atom. The summed E-state index contributed by atoms with van der Waals surface area (Å²) >= 11 is 0. The van der Waals surface area contributed by atoms with Gasteiger partial charge < -0.3 is 14.6 Å². The predicted molar refractivity (Wildman–Crippen MR) is 92.3 cm³/mol. The lowest BCUT2D eigenvalue weighted by atomic mass is 9.74. The van der Waals surface area contributed by atoms with Gasteiger partial charge in [-0.15, -0.1) is 0 Å². The fourth-order valence-corrected chi connectivity index (χ4v) is 4.19. The van der Waals surface area contributed by atoms with Crippen molar-refractivity contribution >= 4 is 5.97 Å². The maximum atomic E-state index is 12.6. The van der Waals surface area contributed by atoms with Gasteiger partial charge in [-0.25, -0.2) is 0 Å². The average molecular weight is 332 g/mol. The van der Waals surface area contributed by atoms with Gasteiger partial charge in [0.1, 0.15) is 0 Å². The van der Waals surface area contributed by atoms with E-state index in [1.807, 2.05) is 32.1 Å². The number of cyclic esters (lactones) is 1. The largest absolute Gasteiger partial charge is 0.452 e. The minimum absolute atomic E-state index is 0.0916. The molecule has 0 unspecified atom stereocenters. The van der Waals surface area contributed by atoms with Crippen LogP contribution < -0.4 is 0 Å². The van der Waals surface area contributed by atoms with Crippen molar-refractivity contribution in [3.63, 3.8) is 0 Å². The summed E-state index contributed by atoms with van der Waals surface area (Å²) in [5, 5.41) is 10.1. The van der Waals surface area contributed by atoms with Gasteiger partial charge in [-0.1, -0.05) is 29.9 Å². The van der Waals surface area contributed by atoms with E-state index in [0.29, 0.717) is 0 Å². The zero-order valence-electron chi connectivity index (χ0n) is 14.9. The Morgan fingerprint density at radius 1 is 1.42 bits per heavy atom. The fourth-order valence-electron chi connectivity index (χ4n) is 4.19. The van der Waals surface area contributed by atoms with Crippen molar-refractivity contribution in [2.24, 2.45) is 11.8 Å². The van der Waals surface area contributed by atoms with Crippen molar-refractivity contribution in [2.75, 3.05) is 6.61 Å². The van der Waals surface area contributed by atoms with Crippen LogP contribution in [0.4, 0.5) is 0 Å². The molecular formula is C20H28O4. The third-order valence-electron chi connectivity index (χ3n) is 5.78. The molecule has 132 valence electrons. The number of aliphatic hydroxyl groups excluding tert-OH is 1. The highest BCUT2D eigenvalue weighted by atomic mass is 16.6. The van der Waals surface area contributed by atoms with Crippen LogP contribution in [0.25, 0.3) is 0 Å². The molecule has 0 aromatic heterocycles. The van der Waals surface area contributed by atoms with Crippen LogP contribution in [0.15, 0.2) is 36.0 Å². The van der Waals surface area contributed by atoms with E-state index >= 15 is 0 Å². The summed E-state index contributed by atoms with van der Waals surface area (Å²) in [6.07, 6.45) is 9.30. The molecule has 4 nitrogen and oxygen atoms in total. The maximum Gasteiger partial charge on any atom is 0.314 e. The van der Waals surface area contributed by atoms with E-state index in [0.717, 1.165) is 36.8 Å². The van der Waals surface area contributed by atoms with Gasteiger partial charge in [-0.05, 0) is 52.5 Å². The van der Waals surface area contributed by atoms with Crippen LogP contribution in [-0.2, 0) is 14.3 Å². The first-order valence-electron chi connectivity index (χ1n) is 8.83. The Morgan fingerprint density at radius 3 is 2.83 bits per heavy atom. The number of carbonyl (C=O) groups is 1. The summed E-state index contributed by atoms with van der Waals surface area (Å²) in [6.45, 7) is 10.1. The Hall–Kier alpha value is -1.39. The minimum Gasteiger partial charge on any atom is -0.452 e. The number of ether oxygens (including phenoxy) is 2. The number of epoxide rings is 1. The molecule has 2 aliphatic heterocycles. The monoisotopic (exact) mass is 332 g/mol. The maximum absolute atomic E-state index is 12.6. The summed E-state index contributed by atoms with van der Waals surface area (Å²) in [5.41, 5.74) is 1.02. The molecule has 0 spiro atoms. The van der Waals surface area contributed by atoms with Gasteiger partial charge >= 0.3 is 5.97 Å². The second-order valence-electron chi connectivity index (χ2n) is 7.88. The summed E-state index contributed by atoms with van der Waals surface area (Å²) in [6, 6.07) is 0. The number of rotatable bonds is 3. The van der Waals surface area contributed by atoms with Crippen LogP contribution in [0.2, 0.25) is 0 Å². The first-order valence-corrected chi connectivity index (χ1v) is 8.83. The SMILES string of the molecule is C=C1CC[C@H]2O[C@@]2(C)CC[C@H]2[C@H]1C(=O)O[C@@]2(/C=C/C=C(C)C)CO. The van der Waals surface area contributed by atoms with Gasteiger partial charge in [0.05, 0.1) is 24.2 Å². The Balaban J connectivity index is 1.92. The number of hydrogen-bond acceptors (Lipinski definition) is 4. The Bertz CT molecular complexity index is 601. The molecule has 3 rings (SSSR count). The van der Waals surface area contributed by atoms with Crippen molar-refractivity contribution in [1.82, 2.24) is 0 Å². The van der Waals surface area contributed by atoms with E-state index in [1.54, 1.807) is 0 Å². The molecule has 0 bridgehead atoms. The number of hydrogen-bond donors (Lipinski definition) is 1. The lowest BCUT2D eigenvalue weighted by Crippen LogP contribution is -2.39. The van der Waals surface area contributed by atoms with Crippen molar-refractivity contribution in [3.8, 4) is 0 Å². The highest BCUT2D eigenvalue weighted by Crippen LogP contribution is 2.52. The molecule has 4 heteroatoms. The number of esters is 1. The van der Waals surface area contributed by atoms with Gasteiger partial charge in [0, 0.05) is 5.92 Å². The predicted octanol–water partition coefficient (Wildman–Crippen LogP) is 3.32. The van der Waals surface area contributed by atoms with Gasteiger partial charge in [0.25, 0.3) is 0 Å². The first kappa shape index (κ1) is 17.4. The number of fused-ring (bicyclic) bond motifs is 2. The quantitative estimate of drug-likeness (QED) is 0.373. The van der Waals surface area contributed by atoms with E-state index < -0.39 is 5.60 Å². The van der Waals surface area contributed by atoms with Gasteiger partial charge in [-0.3, -0.25) is 4.79 Å². The van der Waals surface area contributed by atoms with Gasteiger partial charge in [0.15, 0.2) is 5.60 Å². The molecule has 24 heavy (non-hydrogen) atoms. The molecule has 3 fully saturated rings. The second-order valence-corrected chi connectivity index (χ2v) is 7.88. The Labute approximate surface area is 144 Å². The van der Waals surface area contributed by atoms with Crippen LogP contribution in [-0.4, -0.2) is 35.0 Å². The Kier molecular flexibility index (Phi) is 4.47. The van der Waals surface area contributed by atoms with Crippen LogP contribution >= 0.6 is 0 Å². The number of carbonyl (C=O) groups excluding carboxylic acids is 1. The molecule has 0 radical (unpaired) electrons. The van der Waals surface area contributed by atoms with E-state index in [1.165, 1.54) is 0 Å². The van der Waals surface area contributed by atoms with Gasteiger partial charge in [-0.2, -0.15) is 0 Å². The summed E-state index contributed by atoms with van der Waals surface area (Å²) in [5.74, 6) is -0.666. The molecular weight excluding hydrogens is 304 g/mol. The highest BCUT2D eigenvalue weighted by Gasteiger charge is 2.58. The molecule has 0 aromatic rings. The molecule has 1 N–H and O–H groups in total. The van der Waals surface area contributed by atoms with E-state index in [9.17, 15) is 9.90 Å². The molecule has 0 amide bonds. The van der Waals surface area contributed by atoms with Gasteiger partial charge in [0.2, 0.25) is 0 Å². The van der Waals surface area contributed by atoms with E-state index in [-0.39, 0.29) is 36.1 Å². The van der Waals surface area contributed by atoms with Crippen molar-refractivity contribution < 1.29 is 19.4 Å². The molecule has 1 saturated carbocycles. The second kappa shape index (κ2) is 6.16. The number of allylic oxidation sites excluding steroid dienone is 3. The first-order chi connectivity index (χ1) is 11.3. The molecule has 0 aromatic carbocycles. The summed E-state index contributed by atoms with van der Waals surface area (Å²) in [7, 11) is 0. The zero-order chi connectivity index (χ0) is 17.5. The number of aliphatic hydroxyl groups is 1. The third-order valence-corrected chi connectivity index (χ3v) is 5.78. The lowest BCUT2D eigenvalue weighted by molar-refractivity contribution is -0.149. The van der Waals surface area contributed by atoms with Crippen LogP contribution in [0.5, 0.6) is 0 Å². The smallest absolute Gasteiger partial charge is 0.314 e. The zero-order valence-corrected chi connectivity index (χ0v) is 14.9. The summed E-state index contributed by atoms with van der Waals surface area (Å²) in [4.78, 5) is 12.6. The third kappa shape index (κ3) is 2.98. The van der Waals surface area contributed by atoms with Crippen molar-refractivity contribution in [2.45, 2.75) is 63.8 Å². The van der Waals surface area contributed by atoms with Crippen molar-refractivity contribution in [3.05, 3.63) is 36.0 Å². The molecule has 5 atom stereocenters. The van der Waals surface area contributed by atoms with Crippen LogP contribution in [0.3, 0.4) is 0 Å². The minimum atomic E-state index is -0.957. The molecule has 3 aliphatic rings. The molecule has 1 aliphatic carbocycles. The summed E-state index contributed by atoms with van der Waals surface area (Å²) < 4.78 is 11.6. The average Bonchev–Trinajstić information content (AvgIpc) is 3.06.